The molecule has 170 valence electrons. The van der Waals surface area contributed by atoms with Gasteiger partial charge in [-0.3, -0.25) is 4.99 Å². The molecule has 2 aliphatic heterocycles. The van der Waals surface area contributed by atoms with E-state index in [-0.39, 0.29) is 0 Å². The predicted octanol–water partition coefficient (Wildman–Crippen LogP) is 8.07. The average Bonchev–Trinajstić information content (AvgIpc) is 3.51. The Labute approximate surface area is 195 Å². The number of rotatable bonds is 4. The molecule has 4 nitrogen and oxygen atoms in total. The lowest BCUT2D eigenvalue weighted by atomic mass is 9.77. The molecule has 2 aromatic rings. The Morgan fingerprint density at radius 3 is 2.66 bits per heavy atom. The van der Waals surface area contributed by atoms with Crippen LogP contribution in [0, 0.1) is 17.8 Å². The topological polar surface area (TPSA) is 50.5 Å². The van der Waals surface area contributed by atoms with E-state index in [1.165, 1.54) is 55.4 Å². The predicted molar refractivity (Wildman–Crippen MR) is 131 cm³/mol. The fourth-order valence-corrected chi connectivity index (χ4v) is 6.05. The van der Waals surface area contributed by atoms with Crippen LogP contribution in [0.3, 0.4) is 0 Å². The number of hydrogen-bond donors (Lipinski definition) is 1. The number of nitrogens with zero attached hydrogens (tertiary/aromatic N) is 1. The summed E-state index contributed by atoms with van der Waals surface area (Å²) >= 11 is 6.39. The molecule has 4 aliphatic rings. The van der Waals surface area contributed by atoms with Crippen LogP contribution in [-0.2, 0) is 0 Å². The molecule has 2 aliphatic carbocycles. The van der Waals surface area contributed by atoms with Crippen LogP contribution in [0.2, 0.25) is 5.02 Å². The maximum absolute atomic E-state index is 6.50. The summed E-state index contributed by atoms with van der Waals surface area (Å²) < 4.78 is 12.3. The van der Waals surface area contributed by atoms with Crippen molar-refractivity contribution in [3.05, 3.63) is 46.5 Å². The van der Waals surface area contributed by atoms with E-state index in [9.17, 15) is 0 Å². The third-order valence-corrected chi connectivity index (χ3v) is 7.61. The Kier molecular flexibility index (Phi) is 6.07. The second-order valence-electron chi connectivity index (χ2n) is 9.71. The van der Waals surface area contributed by atoms with Crippen LogP contribution in [-0.4, -0.2) is 17.8 Å². The van der Waals surface area contributed by atoms with Crippen molar-refractivity contribution in [1.82, 2.24) is 4.98 Å². The first kappa shape index (κ1) is 21.6. The molecule has 2 atom stereocenters. The number of hydrogen-bond acceptors (Lipinski definition) is 3. The molecule has 0 fully saturated rings. The molecule has 0 unspecified atom stereocenters. The molecule has 32 heavy (non-hydrogen) atoms. The van der Waals surface area contributed by atoms with Gasteiger partial charge in [0, 0.05) is 23.5 Å². The molecule has 4 bridgehead atoms. The van der Waals surface area contributed by atoms with Crippen molar-refractivity contribution >= 4 is 22.9 Å². The van der Waals surface area contributed by atoms with Gasteiger partial charge >= 0.3 is 0 Å². The minimum atomic E-state index is 0.398. The maximum atomic E-state index is 6.50. The minimum Gasteiger partial charge on any atom is -0.493 e. The monoisotopic (exact) mass is 452 g/mol. The van der Waals surface area contributed by atoms with Gasteiger partial charge in [0.1, 0.15) is 5.69 Å². The highest BCUT2D eigenvalue weighted by Crippen LogP contribution is 2.56. The Morgan fingerprint density at radius 2 is 1.94 bits per heavy atom. The van der Waals surface area contributed by atoms with Crippen molar-refractivity contribution in [3.63, 3.8) is 0 Å². The van der Waals surface area contributed by atoms with Crippen molar-refractivity contribution in [1.29, 1.82) is 0 Å². The molecule has 2 aromatic heterocycles. The molecule has 0 saturated carbocycles. The van der Waals surface area contributed by atoms with Gasteiger partial charge in [0.2, 0.25) is 0 Å². The highest BCUT2D eigenvalue weighted by Gasteiger charge is 2.44. The quantitative estimate of drug-likeness (QED) is 0.509. The SMILES string of the molecule is COc1cc(-c2[nH]ccc2Cl)oc1C1=C2N=C3C=C2[C@H](C(C)C)[C@H]1CCCCCCCC3. The van der Waals surface area contributed by atoms with Crippen LogP contribution in [0.25, 0.3) is 17.0 Å². The van der Waals surface area contributed by atoms with Crippen LogP contribution in [0.15, 0.2) is 45.1 Å². The van der Waals surface area contributed by atoms with Crippen molar-refractivity contribution in [2.45, 2.75) is 65.2 Å². The molecule has 5 heteroatoms. The minimum absolute atomic E-state index is 0.398. The van der Waals surface area contributed by atoms with Gasteiger partial charge < -0.3 is 14.1 Å². The number of furan rings is 1. The van der Waals surface area contributed by atoms with E-state index in [4.69, 9.17) is 25.7 Å². The Bertz CT molecular complexity index is 1090. The van der Waals surface area contributed by atoms with Gasteiger partial charge in [-0.15, -0.1) is 0 Å². The lowest BCUT2D eigenvalue weighted by Crippen LogP contribution is -2.19. The summed E-state index contributed by atoms with van der Waals surface area (Å²) in [5.74, 6) is 3.69. The zero-order valence-electron chi connectivity index (χ0n) is 19.3. The van der Waals surface area contributed by atoms with Gasteiger partial charge in [0.15, 0.2) is 17.3 Å². The maximum Gasteiger partial charge on any atom is 0.175 e. The summed E-state index contributed by atoms with van der Waals surface area (Å²) in [5, 5.41) is 0.647. The summed E-state index contributed by atoms with van der Waals surface area (Å²) in [6, 6.07) is 3.80. The second-order valence-corrected chi connectivity index (χ2v) is 10.1. The van der Waals surface area contributed by atoms with E-state index < -0.39 is 0 Å². The highest BCUT2D eigenvalue weighted by atomic mass is 35.5. The van der Waals surface area contributed by atoms with E-state index in [1.54, 1.807) is 7.11 Å². The largest absolute Gasteiger partial charge is 0.493 e. The molecular formula is C27H33ClN2O2. The number of aliphatic imine (C=N–C) groups is 1. The lowest BCUT2D eigenvalue weighted by Gasteiger charge is -2.26. The zero-order chi connectivity index (χ0) is 22.2. The number of methoxy groups -OCH3 is 1. The summed E-state index contributed by atoms with van der Waals surface area (Å²) in [5.41, 5.74) is 5.80. The fraction of sp³-hybridized carbons (Fsp3) is 0.519. The molecule has 0 saturated heterocycles. The molecule has 6 rings (SSSR count). The van der Waals surface area contributed by atoms with Crippen LogP contribution < -0.4 is 4.74 Å². The van der Waals surface area contributed by atoms with E-state index in [1.807, 2.05) is 18.3 Å². The summed E-state index contributed by atoms with van der Waals surface area (Å²) in [7, 11) is 1.71. The molecule has 4 heterocycles. The van der Waals surface area contributed by atoms with E-state index in [0.29, 0.717) is 28.5 Å². The summed E-state index contributed by atoms with van der Waals surface area (Å²) in [4.78, 5) is 8.38. The molecular weight excluding hydrogens is 420 g/mol. The number of fused-ring (bicyclic) bond motifs is 7. The first-order valence-corrected chi connectivity index (χ1v) is 12.5. The Hall–Kier alpha value is -2.20. The van der Waals surface area contributed by atoms with Gasteiger partial charge in [-0.2, -0.15) is 0 Å². The molecule has 0 amide bonds. The number of allylic oxidation sites excluding steroid dienone is 3. The summed E-state index contributed by atoms with van der Waals surface area (Å²) in [6.07, 6.45) is 14.2. The van der Waals surface area contributed by atoms with Crippen molar-refractivity contribution < 1.29 is 9.15 Å². The third-order valence-electron chi connectivity index (χ3n) is 7.29. The number of aromatic nitrogens is 1. The van der Waals surface area contributed by atoms with E-state index in [0.717, 1.165) is 35.7 Å². The molecule has 0 aromatic carbocycles. The normalized spacial score (nSPS) is 23.8. The average molecular weight is 453 g/mol. The molecule has 0 spiro atoms. The third kappa shape index (κ3) is 3.77. The molecule has 1 N–H and O–H groups in total. The van der Waals surface area contributed by atoms with Crippen molar-refractivity contribution in [3.8, 4) is 17.2 Å². The number of aromatic amines is 1. The van der Waals surface area contributed by atoms with Crippen molar-refractivity contribution in [2.24, 2.45) is 22.7 Å². The fourth-order valence-electron chi connectivity index (χ4n) is 5.84. The first-order valence-electron chi connectivity index (χ1n) is 12.1. The zero-order valence-corrected chi connectivity index (χ0v) is 20.1. The summed E-state index contributed by atoms with van der Waals surface area (Å²) in [6.45, 7) is 4.69. The van der Waals surface area contributed by atoms with Crippen LogP contribution >= 0.6 is 11.6 Å². The standard InChI is InChI=1S/C27H33ClN2O2/c1-16(2)23-18-11-9-7-5-4-6-8-10-17-14-19(23)25(30-17)24(18)27-22(31-3)15-21(32-27)26-20(28)12-13-29-26/h12-16,18,23,29H,4-11H2,1-3H3/t18-,23-/m1/s1. The van der Waals surface area contributed by atoms with E-state index in [2.05, 4.69) is 24.9 Å². The first-order chi connectivity index (χ1) is 15.6. The molecule has 0 radical (unpaired) electrons. The number of ether oxygens (including phenoxy) is 1. The Balaban J connectivity index is 1.65. The van der Waals surface area contributed by atoms with Gasteiger partial charge in [0.25, 0.3) is 0 Å². The van der Waals surface area contributed by atoms with Gasteiger partial charge in [-0.1, -0.05) is 57.6 Å². The number of nitrogens with one attached hydrogen (secondary N) is 1. The van der Waals surface area contributed by atoms with Gasteiger partial charge in [-0.05, 0) is 54.7 Å². The smallest absolute Gasteiger partial charge is 0.175 e. The number of H-pyrrole nitrogens is 1. The van der Waals surface area contributed by atoms with Crippen LogP contribution in [0.1, 0.15) is 71.0 Å². The lowest BCUT2D eigenvalue weighted by molar-refractivity contribution is 0.341. The van der Waals surface area contributed by atoms with E-state index >= 15 is 0 Å². The van der Waals surface area contributed by atoms with Gasteiger partial charge in [0.05, 0.1) is 17.8 Å². The van der Waals surface area contributed by atoms with Crippen LogP contribution in [0.4, 0.5) is 0 Å². The Morgan fingerprint density at radius 1 is 1.16 bits per heavy atom. The highest BCUT2D eigenvalue weighted by molar-refractivity contribution is 6.33. The number of halogens is 1. The van der Waals surface area contributed by atoms with Gasteiger partial charge in [-0.25, -0.2) is 0 Å². The van der Waals surface area contributed by atoms with Crippen molar-refractivity contribution in [2.75, 3.05) is 7.11 Å². The second kappa shape index (κ2) is 8.97. The van der Waals surface area contributed by atoms with Crippen LogP contribution in [0.5, 0.6) is 5.75 Å².